The highest BCUT2D eigenvalue weighted by Crippen LogP contribution is 2.23. The number of rotatable bonds is 3. The van der Waals surface area contributed by atoms with Crippen molar-refractivity contribution < 1.29 is 4.84 Å². The highest BCUT2D eigenvalue weighted by Gasteiger charge is 2.12. The van der Waals surface area contributed by atoms with Crippen LogP contribution in [-0.4, -0.2) is 19.2 Å². The van der Waals surface area contributed by atoms with Gasteiger partial charge in [0.1, 0.15) is 7.11 Å². The molecule has 3 nitrogen and oxygen atoms in total. The third-order valence-corrected chi connectivity index (χ3v) is 3.03. The van der Waals surface area contributed by atoms with Crippen molar-refractivity contribution in [3.05, 3.63) is 34.9 Å². The van der Waals surface area contributed by atoms with Crippen molar-refractivity contribution in [1.82, 2.24) is 0 Å². The Balaban J connectivity index is 2.29. The summed E-state index contributed by atoms with van der Waals surface area (Å²) >= 11 is 0. The van der Waals surface area contributed by atoms with Crippen molar-refractivity contribution in [2.75, 3.05) is 7.11 Å². The highest BCUT2D eigenvalue weighted by molar-refractivity contribution is 6.03. The van der Waals surface area contributed by atoms with Gasteiger partial charge in [-0.15, -0.1) is 0 Å². The summed E-state index contributed by atoms with van der Waals surface area (Å²) in [6.07, 6.45) is 5.51. The Hall–Kier alpha value is -1.64. The lowest BCUT2D eigenvalue weighted by Crippen LogP contribution is -2.02. The van der Waals surface area contributed by atoms with Gasteiger partial charge in [-0.2, -0.15) is 0 Å². The molecule has 0 N–H and O–H groups in total. The van der Waals surface area contributed by atoms with Crippen LogP contribution in [0.3, 0.4) is 0 Å². The molecule has 0 bridgehead atoms. The average molecular weight is 244 g/mol. The Labute approximate surface area is 109 Å². The second-order valence-electron chi connectivity index (χ2n) is 4.96. The third kappa shape index (κ3) is 2.97. The van der Waals surface area contributed by atoms with Crippen LogP contribution in [0.25, 0.3) is 0 Å². The Morgan fingerprint density at radius 3 is 2.78 bits per heavy atom. The summed E-state index contributed by atoms with van der Waals surface area (Å²) < 4.78 is 0. The first kappa shape index (κ1) is 12.8. The van der Waals surface area contributed by atoms with E-state index in [4.69, 9.17) is 4.84 Å². The minimum atomic E-state index is 0.404. The van der Waals surface area contributed by atoms with Gasteiger partial charge in [0.05, 0.1) is 0 Å². The number of aryl methyl sites for hydroxylation is 2. The van der Waals surface area contributed by atoms with Gasteiger partial charge in [-0.25, -0.2) is 4.99 Å². The quantitative estimate of drug-likeness (QED) is 0.456. The molecule has 0 fully saturated rings. The second kappa shape index (κ2) is 5.80. The lowest BCUT2D eigenvalue weighted by Gasteiger charge is -2.04. The lowest BCUT2D eigenvalue weighted by molar-refractivity contribution is 0.213. The molecule has 0 saturated carbocycles. The Morgan fingerprint density at radius 1 is 1.28 bits per heavy atom. The molecular weight excluding hydrogens is 224 g/mol. The smallest absolute Gasteiger partial charge is 0.198 e. The van der Waals surface area contributed by atoms with E-state index in [1.807, 2.05) is 6.21 Å². The molecule has 0 aromatic heterocycles. The summed E-state index contributed by atoms with van der Waals surface area (Å²) in [5, 5.41) is 4.01. The minimum absolute atomic E-state index is 0.404. The van der Waals surface area contributed by atoms with Crippen LogP contribution in [-0.2, 0) is 17.7 Å². The first-order valence-corrected chi connectivity index (χ1v) is 6.48. The zero-order valence-corrected chi connectivity index (χ0v) is 11.3. The minimum Gasteiger partial charge on any atom is -0.397 e. The lowest BCUT2D eigenvalue weighted by atomic mass is 10.1. The molecule has 3 heteroatoms. The average Bonchev–Trinajstić information content (AvgIpc) is 2.81. The van der Waals surface area contributed by atoms with Crippen LogP contribution < -0.4 is 0 Å². The number of fused-ring (bicyclic) bond motifs is 1. The maximum atomic E-state index is 4.88. The van der Waals surface area contributed by atoms with Gasteiger partial charge >= 0.3 is 0 Å². The monoisotopic (exact) mass is 244 g/mol. The van der Waals surface area contributed by atoms with Crippen molar-refractivity contribution in [1.29, 1.82) is 0 Å². The van der Waals surface area contributed by atoms with Crippen LogP contribution in [0.2, 0.25) is 0 Å². The summed E-state index contributed by atoms with van der Waals surface area (Å²) in [5.74, 6) is 1.06. The number of nitrogens with zero attached hydrogens (tertiary/aromatic N) is 2. The number of oxime groups is 1. The van der Waals surface area contributed by atoms with Crippen LogP contribution >= 0.6 is 0 Å². The fourth-order valence-corrected chi connectivity index (χ4v) is 2.17. The van der Waals surface area contributed by atoms with Gasteiger partial charge in [-0.1, -0.05) is 31.1 Å². The molecule has 1 aliphatic carbocycles. The predicted octanol–water partition coefficient (Wildman–Crippen LogP) is 3.21. The van der Waals surface area contributed by atoms with Crippen molar-refractivity contribution >= 4 is 12.1 Å². The Bertz CT molecular complexity index is 475. The number of aliphatic imine (C=N–C) groups is 1. The molecule has 0 amide bonds. The molecule has 0 saturated heterocycles. The van der Waals surface area contributed by atoms with Gasteiger partial charge in [0.25, 0.3) is 0 Å². The predicted molar refractivity (Wildman–Crippen MR) is 75.3 cm³/mol. The SMILES string of the molecule is CO/N=C(\N=CC(C)C)c1ccc2c(c1)CCC2. The largest absolute Gasteiger partial charge is 0.397 e. The van der Waals surface area contributed by atoms with E-state index in [-0.39, 0.29) is 0 Å². The number of benzene rings is 1. The van der Waals surface area contributed by atoms with Crippen molar-refractivity contribution in [2.45, 2.75) is 33.1 Å². The molecule has 0 atom stereocenters. The van der Waals surface area contributed by atoms with E-state index < -0.39 is 0 Å². The Morgan fingerprint density at radius 2 is 2.06 bits per heavy atom. The first-order chi connectivity index (χ1) is 8.70. The van der Waals surface area contributed by atoms with Crippen LogP contribution in [0.1, 0.15) is 37.0 Å². The zero-order chi connectivity index (χ0) is 13.0. The van der Waals surface area contributed by atoms with Crippen LogP contribution in [0.15, 0.2) is 28.3 Å². The maximum Gasteiger partial charge on any atom is 0.198 e. The molecule has 1 aromatic carbocycles. The number of hydrogen-bond donors (Lipinski definition) is 0. The van der Waals surface area contributed by atoms with Gasteiger partial charge in [0.15, 0.2) is 5.84 Å². The van der Waals surface area contributed by atoms with Gasteiger partial charge in [0, 0.05) is 11.8 Å². The molecule has 0 unspecified atom stereocenters. The highest BCUT2D eigenvalue weighted by atomic mass is 16.6. The fraction of sp³-hybridized carbons (Fsp3) is 0.467. The maximum absolute atomic E-state index is 4.88. The van der Waals surface area contributed by atoms with E-state index in [1.165, 1.54) is 24.0 Å². The summed E-state index contributed by atoms with van der Waals surface area (Å²) in [6, 6.07) is 6.46. The summed E-state index contributed by atoms with van der Waals surface area (Å²) in [7, 11) is 1.55. The summed E-state index contributed by atoms with van der Waals surface area (Å²) in [5.41, 5.74) is 3.92. The van der Waals surface area contributed by atoms with E-state index in [0.717, 1.165) is 12.0 Å². The van der Waals surface area contributed by atoms with Crippen LogP contribution in [0, 0.1) is 5.92 Å². The van der Waals surface area contributed by atoms with E-state index >= 15 is 0 Å². The summed E-state index contributed by atoms with van der Waals surface area (Å²) in [6.45, 7) is 4.19. The van der Waals surface area contributed by atoms with E-state index in [1.54, 1.807) is 7.11 Å². The van der Waals surface area contributed by atoms with E-state index in [9.17, 15) is 0 Å². The van der Waals surface area contributed by atoms with Gasteiger partial charge in [-0.3, -0.25) is 0 Å². The molecule has 0 radical (unpaired) electrons. The van der Waals surface area contributed by atoms with E-state index in [2.05, 4.69) is 42.2 Å². The molecule has 18 heavy (non-hydrogen) atoms. The fourth-order valence-electron chi connectivity index (χ4n) is 2.17. The second-order valence-corrected chi connectivity index (χ2v) is 4.96. The third-order valence-electron chi connectivity index (χ3n) is 3.03. The van der Waals surface area contributed by atoms with Crippen molar-refractivity contribution in [3.63, 3.8) is 0 Å². The van der Waals surface area contributed by atoms with Gasteiger partial charge in [-0.05, 0) is 42.4 Å². The van der Waals surface area contributed by atoms with Crippen LogP contribution in [0.5, 0.6) is 0 Å². The molecule has 1 aromatic rings. The molecule has 1 aliphatic rings. The normalized spacial score (nSPS) is 15.4. The molecule has 0 heterocycles. The topological polar surface area (TPSA) is 34.0 Å². The molecule has 2 rings (SSSR count). The van der Waals surface area contributed by atoms with E-state index in [0.29, 0.717) is 11.8 Å². The first-order valence-electron chi connectivity index (χ1n) is 6.48. The standard InChI is InChI=1S/C15H20N2O/c1-11(2)10-16-15(17-18-3)14-8-7-12-5-4-6-13(12)9-14/h7-11H,4-6H2,1-3H3/b16-10?,17-15-. The zero-order valence-electron chi connectivity index (χ0n) is 11.3. The molecular formula is C15H20N2O. The van der Waals surface area contributed by atoms with Crippen LogP contribution in [0.4, 0.5) is 0 Å². The van der Waals surface area contributed by atoms with Crippen molar-refractivity contribution in [2.24, 2.45) is 16.1 Å². The van der Waals surface area contributed by atoms with Crippen molar-refractivity contribution in [3.8, 4) is 0 Å². The van der Waals surface area contributed by atoms with Gasteiger partial charge in [0.2, 0.25) is 0 Å². The van der Waals surface area contributed by atoms with Gasteiger partial charge < -0.3 is 4.84 Å². The molecule has 0 aliphatic heterocycles. The number of hydrogen-bond acceptors (Lipinski definition) is 2. The Kier molecular flexibility index (Phi) is 4.13. The molecule has 96 valence electrons. The summed E-state index contributed by atoms with van der Waals surface area (Å²) in [4.78, 5) is 9.29. The number of amidine groups is 1. The molecule has 0 spiro atoms.